The number of amides is 1. The molecule has 0 aromatic heterocycles. The first-order chi connectivity index (χ1) is 12.8. The van der Waals surface area contributed by atoms with Crippen molar-refractivity contribution in [3.05, 3.63) is 71.6 Å². The van der Waals surface area contributed by atoms with E-state index in [4.69, 9.17) is 0 Å². The Balaban J connectivity index is 1.93. The molecule has 0 saturated heterocycles. The van der Waals surface area contributed by atoms with Crippen molar-refractivity contribution in [2.75, 3.05) is 20.6 Å². The van der Waals surface area contributed by atoms with Crippen LogP contribution in [-0.2, 0) is 4.79 Å². The zero-order chi connectivity index (χ0) is 19.8. The molecule has 1 unspecified atom stereocenters. The summed E-state index contributed by atoms with van der Waals surface area (Å²) < 4.78 is 41.9. The number of ether oxygens (including phenoxy) is 1. The van der Waals surface area contributed by atoms with Crippen LogP contribution in [0.3, 0.4) is 0 Å². The highest BCUT2D eigenvalue weighted by atomic mass is 19.3. The quantitative estimate of drug-likeness (QED) is 0.710. The van der Waals surface area contributed by atoms with Gasteiger partial charge in [0.15, 0.2) is 0 Å². The molecule has 1 amide bonds. The van der Waals surface area contributed by atoms with E-state index in [0.29, 0.717) is 12.1 Å². The first kappa shape index (κ1) is 20.5. The van der Waals surface area contributed by atoms with Gasteiger partial charge in [0.25, 0.3) is 0 Å². The SMILES string of the molecule is CN(C)C(CNC(=O)/C=C/c1ccc(OC(F)F)cc1)c1cccc(F)c1. The van der Waals surface area contributed by atoms with Crippen LogP contribution in [-0.4, -0.2) is 38.1 Å². The first-order valence-corrected chi connectivity index (χ1v) is 8.28. The fraction of sp³-hybridized carbons (Fsp3) is 0.250. The molecule has 0 spiro atoms. The second-order valence-corrected chi connectivity index (χ2v) is 6.06. The molecule has 2 rings (SSSR count). The summed E-state index contributed by atoms with van der Waals surface area (Å²) in [5.41, 5.74) is 1.43. The highest BCUT2D eigenvalue weighted by molar-refractivity contribution is 5.91. The lowest BCUT2D eigenvalue weighted by atomic mass is 10.1. The van der Waals surface area contributed by atoms with Crippen LogP contribution in [0.25, 0.3) is 6.08 Å². The number of rotatable bonds is 8. The van der Waals surface area contributed by atoms with E-state index >= 15 is 0 Å². The summed E-state index contributed by atoms with van der Waals surface area (Å²) in [6, 6.07) is 12.0. The highest BCUT2D eigenvalue weighted by Gasteiger charge is 2.15. The Morgan fingerprint density at radius 1 is 1.19 bits per heavy atom. The van der Waals surface area contributed by atoms with Crippen LogP contribution in [0.15, 0.2) is 54.6 Å². The van der Waals surface area contributed by atoms with Crippen LogP contribution >= 0.6 is 0 Å². The molecule has 0 radical (unpaired) electrons. The van der Waals surface area contributed by atoms with E-state index in [0.717, 1.165) is 5.56 Å². The summed E-state index contributed by atoms with van der Waals surface area (Å²) in [6.45, 7) is -2.57. The normalized spacial score (nSPS) is 12.6. The number of halogens is 3. The maximum atomic E-state index is 13.4. The number of likely N-dealkylation sites (N-methyl/N-ethyl adjacent to an activating group) is 1. The lowest BCUT2D eigenvalue weighted by Crippen LogP contribution is -2.33. The van der Waals surface area contributed by atoms with Crippen molar-refractivity contribution >= 4 is 12.0 Å². The van der Waals surface area contributed by atoms with Crippen molar-refractivity contribution in [3.63, 3.8) is 0 Å². The van der Waals surface area contributed by atoms with E-state index in [1.807, 2.05) is 19.0 Å². The number of hydrogen-bond acceptors (Lipinski definition) is 3. The van der Waals surface area contributed by atoms with Crippen LogP contribution < -0.4 is 10.1 Å². The number of nitrogens with zero attached hydrogens (tertiary/aromatic N) is 1. The van der Waals surface area contributed by atoms with Gasteiger partial charge in [-0.2, -0.15) is 8.78 Å². The zero-order valence-electron chi connectivity index (χ0n) is 15.0. The second-order valence-electron chi connectivity index (χ2n) is 6.06. The van der Waals surface area contributed by atoms with E-state index in [1.54, 1.807) is 30.3 Å². The molecule has 7 heteroatoms. The molecule has 2 aromatic carbocycles. The molecule has 4 nitrogen and oxygen atoms in total. The zero-order valence-corrected chi connectivity index (χ0v) is 15.0. The summed E-state index contributed by atoms with van der Waals surface area (Å²) in [5, 5.41) is 2.78. The number of benzene rings is 2. The van der Waals surface area contributed by atoms with E-state index in [1.165, 1.54) is 30.3 Å². The Bertz CT molecular complexity index is 777. The van der Waals surface area contributed by atoms with Gasteiger partial charge in [0.1, 0.15) is 11.6 Å². The molecule has 0 fully saturated rings. The molecular weight excluding hydrogens is 357 g/mol. The fourth-order valence-corrected chi connectivity index (χ4v) is 2.50. The van der Waals surface area contributed by atoms with Gasteiger partial charge in [0.05, 0.1) is 6.04 Å². The Labute approximate surface area is 156 Å². The number of carbonyl (C=O) groups is 1. The average molecular weight is 378 g/mol. The van der Waals surface area contributed by atoms with Gasteiger partial charge in [-0.05, 0) is 55.6 Å². The van der Waals surface area contributed by atoms with Crippen LogP contribution in [0.2, 0.25) is 0 Å². The molecule has 27 heavy (non-hydrogen) atoms. The molecule has 1 atom stereocenters. The van der Waals surface area contributed by atoms with Crippen LogP contribution in [0.1, 0.15) is 17.2 Å². The van der Waals surface area contributed by atoms with Crippen molar-refractivity contribution < 1.29 is 22.7 Å². The van der Waals surface area contributed by atoms with Crippen LogP contribution in [0.4, 0.5) is 13.2 Å². The lowest BCUT2D eigenvalue weighted by Gasteiger charge is -2.24. The molecule has 0 saturated carbocycles. The van der Waals surface area contributed by atoms with Crippen molar-refractivity contribution in [2.24, 2.45) is 0 Å². The molecule has 0 bridgehead atoms. The maximum Gasteiger partial charge on any atom is 0.387 e. The minimum absolute atomic E-state index is 0.0514. The Morgan fingerprint density at radius 2 is 1.89 bits per heavy atom. The van der Waals surface area contributed by atoms with Crippen molar-refractivity contribution in [1.82, 2.24) is 10.2 Å². The van der Waals surface area contributed by atoms with Crippen molar-refractivity contribution in [1.29, 1.82) is 0 Å². The fourth-order valence-electron chi connectivity index (χ4n) is 2.50. The third-order valence-electron chi connectivity index (χ3n) is 3.86. The molecule has 0 aliphatic carbocycles. The average Bonchev–Trinajstić information content (AvgIpc) is 2.60. The van der Waals surface area contributed by atoms with E-state index < -0.39 is 6.61 Å². The van der Waals surface area contributed by atoms with Gasteiger partial charge in [-0.15, -0.1) is 0 Å². The number of nitrogens with one attached hydrogen (secondary N) is 1. The Morgan fingerprint density at radius 3 is 2.48 bits per heavy atom. The van der Waals surface area contributed by atoms with Gasteiger partial charge in [0, 0.05) is 12.6 Å². The summed E-state index contributed by atoms with van der Waals surface area (Å²) in [4.78, 5) is 13.9. The van der Waals surface area contributed by atoms with Crippen molar-refractivity contribution in [2.45, 2.75) is 12.7 Å². The molecule has 0 aliphatic rings. The summed E-state index contributed by atoms with van der Waals surface area (Å²) >= 11 is 0. The molecule has 0 heterocycles. The molecular formula is C20H21F3N2O2. The highest BCUT2D eigenvalue weighted by Crippen LogP contribution is 2.18. The monoisotopic (exact) mass is 378 g/mol. The van der Waals surface area contributed by atoms with Gasteiger partial charge < -0.3 is 15.0 Å². The minimum Gasteiger partial charge on any atom is -0.435 e. The Kier molecular flexibility index (Phi) is 7.43. The Hall–Kier alpha value is -2.80. The number of alkyl halides is 2. The van der Waals surface area contributed by atoms with E-state index in [-0.39, 0.29) is 23.5 Å². The van der Waals surface area contributed by atoms with Gasteiger partial charge >= 0.3 is 6.61 Å². The predicted octanol–water partition coefficient (Wildman–Crippen LogP) is 3.86. The number of carbonyl (C=O) groups excluding carboxylic acids is 1. The molecule has 1 N–H and O–H groups in total. The standard InChI is InChI=1S/C20H21F3N2O2/c1-25(2)18(15-4-3-5-16(21)12-15)13-24-19(26)11-8-14-6-9-17(10-7-14)27-20(22)23/h3-12,18,20H,13H2,1-2H3,(H,24,26)/b11-8+. The summed E-state index contributed by atoms with van der Waals surface area (Å²) in [7, 11) is 3.70. The predicted molar refractivity (Wildman–Crippen MR) is 97.9 cm³/mol. The molecule has 0 aliphatic heterocycles. The molecule has 2 aromatic rings. The van der Waals surface area contributed by atoms with Gasteiger partial charge in [0.2, 0.25) is 5.91 Å². The smallest absolute Gasteiger partial charge is 0.387 e. The van der Waals surface area contributed by atoms with E-state index in [2.05, 4.69) is 10.1 Å². The lowest BCUT2D eigenvalue weighted by molar-refractivity contribution is -0.116. The van der Waals surface area contributed by atoms with Gasteiger partial charge in [-0.25, -0.2) is 4.39 Å². The van der Waals surface area contributed by atoms with E-state index in [9.17, 15) is 18.0 Å². The molecule has 144 valence electrons. The van der Waals surface area contributed by atoms with Crippen LogP contribution in [0, 0.1) is 5.82 Å². The first-order valence-electron chi connectivity index (χ1n) is 8.28. The third kappa shape index (κ3) is 6.79. The van der Waals surface area contributed by atoms with Crippen molar-refractivity contribution in [3.8, 4) is 5.75 Å². The third-order valence-corrected chi connectivity index (χ3v) is 3.86. The minimum atomic E-state index is -2.88. The summed E-state index contributed by atoms with van der Waals surface area (Å²) in [5.74, 6) is -0.591. The summed E-state index contributed by atoms with van der Waals surface area (Å²) in [6.07, 6.45) is 2.91. The number of hydrogen-bond donors (Lipinski definition) is 1. The van der Waals surface area contributed by atoms with Gasteiger partial charge in [-0.3, -0.25) is 4.79 Å². The topological polar surface area (TPSA) is 41.6 Å². The largest absolute Gasteiger partial charge is 0.435 e. The van der Waals surface area contributed by atoms with Gasteiger partial charge in [-0.1, -0.05) is 24.3 Å². The second kappa shape index (κ2) is 9.78. The van der Waals surface area contributed by atoms with Crippen LogP contribution in [0.5, 0.6) is 5.75 Å². The maximum absolute atomic E-state index is 13.4.